The molecule has 0 unspecified atom stereocenters. The molecule has 1 aromatic rings. The van der Waals surface area contributed by atoms with Gasteiger partial charge in [0.25, 0.3) is 0 Å². The number of benzene rings is 1. The van der Waals surface area contributed by atoms with Gasteiger partial charge in [0, 0.05) is 6.54 Å². The van der Waals surface area contributed by atoms with Gasteiger partial charge < -0.3 is 15.4 Å². The summed E-state index contributed by atoms with van der Waals surface area (Å²) in [5.41, 5.74) is 0.771. The third-order valence-corrected chi connectivity index (χ3v) is 2.51. The Hall–Kier alpha value is -2.15. The molecule has 0 fully saturated rings. The van der Waals surface area contributed by atoms with E-state index in [-0.39, 0.29) is 30.4 Å². The number of nitro groups is 1. The minimum atomic E-state index is -0.503. The Balaban J connectivity index is 2.59. The van der Waals surface area contributed by atoms with Crippen molar-refractivity contribution >= 4 is 17.3 Å². The molecule has 0 spiro atoms. The molecule has 2 rings (SSSR count). The van der Waals surface area contributed by atoms with E-state index in [1.807, 2.05) is 0 Å². The average Bonchev–Trinajstić information content (AvgIpc) is 2.47. The molecular weight excluding hydrogens is 226 g/mol. The average molecular weight is 237 g/mol. The minimum absolute atomic E-state index is 0.111. The SMILES string of the molecule is COc1ccc2c(c1[N+](=O)[O-])CNCC(=O)N2. The number of hydrogen-bond acceptors (Lipinski definition) is 5. The first kappa shape index (κ1) is 11.3. The van der Waals surface area contributed by atoms with Crippen LogP contribution in [0.3, 0.4) is 0 Å². The largest absolute Gasteiger partial charge is 0.490 e. The van der Waals surface area contributed by atoms with Gasteiger partial charge in [0.15, 0.2) is 5.75 Å². The standard InChI is InChI=1S/C10H11N3O4/c1-17-8-3-2-7-6(10(8)13(15)16)4-11-5-9(14)12-7/h2-3,11H,4-5H2,1H3,(H,12,14). The molecule has 2 N–H and O–H groups in total. The lowest BCUT2D eigenvalue weighted by atomic mass is 10.1. The minimum Gasteiger partial charge on any atom is -0.490 e. The van der Waals surface area contributed by atoms with E-state index < -0.39 is 4.92 Å². The fraction of sp³-hybridized carbons (Fsp3) is 0.300. The predicted molar refractivity (Wildman–Crippen MR) is 60.0 cm³/mol. The number of amides is 1. The molecule has 1 aliphatic rings. The van der Waals surface area contributed by atoms with Crippen LogP contribution in [0.25, 0.3) is 0 Å². The molecule has 17 heavy (non-hydrogen) atoms. The number of rotatable bonds is 2. The number of methoxy groups -OCH3 is 1. The first-order chi connectivity index (χ1) is 8.13. The van der Waals surface area contributed by atoms with E-state index in [0.29, 0.717) is 11.3 Å². The number of fused-ring (bicyclic) bond motifs is 1. The number of ether oxygens (including phenoxy) is 1. The lowest BCUT2D eigenvalue weighted by Gasteiger charge is -2.09. The summed E-state index contributed by atoms with van der Waals surface area (Å²) in [6.45, 7) is 0.385. The quantitative estimate of drug-likeness (QED) is 0.581. The number of nitrogens with zero attached hydrogens (tertiary/aromatic N) is 1. The molecule has 0 saturated heterocycles. The first-order valence-corrected chi connectivity index (χ1v) is 4.98. The lowest BCUT2D eigenvalue weighted by Crippen LogP contribution is -2.23. The fourth-order valence-electron chi connectivity index (χ4n) is 1.77. The Bertz CT molecular complexity index is 487. The molecule has 0 radical (unpaired) electrons. The van der Waals surface area contributed by atoms with E-state index in [1.165, 1.54) is 13.2 Å². The maximum Gasteiger partial charge on any atom is 0.317 e. The van der Waals surface area contributed by atoms with E-state index in [1.54, 1.807) is 6.07 Å². The fourth-order valence-corrected chi connectivity index (χ4v) is 1.77. The summed E-state index contributed by atoms with van der Waals surface area (Å²) in [5.74, 6) is -0.0325. The van der Waals surface area contributed by atoms with Gasteiger partial charge in [0.05, 0.1) is 29.8 Å². The summed E-state index contributed by atoms with van der Waals surface area (Å²) in [7, 11) is 1.37. The molecule has 1 amide bonds. The second-order valence-electron chi connectivity index (χ2n) is 3.55. The van der Waals surface area contributed by atoms with Crippen molar-refractivity contribution in [2.24, 2.45) is 0 Å². The van der Waals surface area contributed by atoms with Crippen molar-refractivity contribution in [1.29, 1.82) is 0 Å². The summed E-state index contributed by atoms with van der Waals surface area (Å²) >= 11 is 0. The monoisotopic (exact) mass is 237 g/mol. The topological polar surface area (TPSA) is 93.5 Å². The highest BCUT2D eigenvalue weighted by Gasteiger charge is 2.26. The molecule has 0 bridgehead atoms. The van der Waals surface area contributed by atoms with Gasteiger partial charge in [0.2, 0.25) is 5.91 Å². The number of nitro benzene ring substituents is 1. The molecule has 7 nitrogen and oxygen atoms in total. The predicted octanol–water partition coefficient (Wildman–Crippen LogP) is 0.645. The summed E-state index contributed by atoms with van der Waals surface area (Å²) in [6.07, 6.45) is 0. The van der Waals surface area contributed by atoms with Gasteiger partial charge in [-0.15, -0.1) is 0 Å². The van der Waals surface area contributed by atoms with Crippen LogP contribution < -0.4 is 15.4 Å². The van der Waals surface area contributed by atoms with Gasteiger partial charge in [-0.25, -0.2) is 0 Å². The summed E-state index contributed by atoms with van der Waals surface area (Å²) in [4.78, 5) is 21.8. The molecule has 7 heteroatoms. The highest BCUT2D eigenvalue weighted by molar-refractivity contribution is 5.94. The van der Waals surface area contributed by atoms with Crippen molar-refractivity contribution in [2.45, 2.75) is 6.54 Å². The number of nitrogens with one attached hydrogen (secondary N) is 2. The van der Waals surface area contributed by atoms with Gasteiger partial charge in [-0.05, 0) is 12.1 Å². The molecular formula is C10H11N3O4. The molecule has 0 atom stereocenters. The molecule has 0 saturated carbocycles. The first-order valence-electron chi connectivity index (χ1n) is 4.98. The Morgan fingerprint density at radius 3 is 2.82 bits per heavy atom. The zero-order valence-electron chi connectivity index (χ0n) is 9.15. The van der Waals surface area contributed by atoms with Crippen molar-refractivity contribution in [3.8, 4) is 5.75 Å². The summed E-state index contributed by atoms with van der Waals surface area (Å²) < 4.78 is 4.96. The van der Waals surface area contributed by atoms with Crippen LogP contribution in [0, 0.1) is 10.1 Å². The van der Waals surface area contributed by atoms with Crippen LogP contribution in [0.5, 0.6) is 5.75 Å². The maximum atomic E-state index is 11.3. The third kappa shape index (κ3) is 2.04. The van der Waals surface area contributed by atoms with Gasteiger partial charge >= 0.3 is 5.69 Å². The zero-order valence-corrected chi connectivity index (χ0v) is 9.15. The Labute approximate surface area is 96.9 Å². The van der Waals surface area contributed by atoms with Crippen LogP contribution in [0.1, 0.15) is 5.56 Å². The second kappa shape index (κ2) is 4.38. The van der Waals surface area contributed by atoms with Crippen LogP contribution in [-0.2, 0) is 11.3 Å². The number of carbonyl (C=O) groups is 1. The van der Waals surface area contributed by atoms with Crippen molar-refractivity contribution < 1.29 is 14.5 Å². The second-order valence-corrected chi connectivity index (χ2v) is 3.55. The van der Waals surface area contributed by atoms with Crippen molar-refractivity contribution in [2.75, 3.05) is 19.0 Å². The van der Waals surface area contributed by atoms with E-state index in [4.69, 9.17) is 4.74 Å². The Morgan fingerprint density at radius 1 is 1.41 bits per heavy atom. The molecule has 0 aromatic heterocycles. The van der Waals surface area contributed by atoms with Gasteiger partial charge in [-0.3, -0.25) is 14.9 Å². The maximum absolute atomic E-state index is 11.3. The highest BCUT2D eigenvalue weighted by atomic mass is 16.6. The normalized spacial score (nSPS) is 14.5. The van der Waals surface area contributed by atoms with Gasteiger partial charge in [0.1, 0.15) is 0 Å². The van der Waals surface area contributed by atoms with Crippen LogP contribution in [0.4, 0.5) is 11.4 Å². The van der Waals surface area contributed by atoms with Crippen LogP contribution in [-0.4, -0.2) is 24.5 Å². The Morgan fingerprint density at radius 2 is 2.18 bits per heavy atom. The van der Waals surface area contributed by atoms with E-state index in [0.717, 1.165) is 0 Å². The summed E-state index contributed by atoms with van der Waals surface area (Å²) in [5, 5.41) is 16.5. The van der Waals surface area contributed by atoms with E-state index in [9.17, 15) is 14.9 Å². The Kier molecular flexibility index (Phi) is 2.92. The van der Waals surface area contributed by atoms with Crippen molar-refractivity contribution in [3.63, 3.8) is 0 Å². The molecule has 0 aliphatic carbocycles. The van der Waals surface area contributed by atoms with Gasteiger partial charge in [-0.2, -0.15) is 0 Å². The van der Waals surface area contributed by atoms with E-state index >= 15 is 0 Å². The zero-order chi connectivity index (χ0) is 12.4. The smallest absolute Gasteiger partial charge is 0.317 e. The molecule has 1 heterocycles. The number of carbonyl (C=O) groups excluding carboxylic acids is 1. The van der Waals surface area contributed by atoms with Gasteiger partial charge in [-0.1, -0.05) is 0 Å². The number of hydrogen-bond donors (Lipinski definition) is 2. The van der Waals surface area contributed by atoms with Crippen molar-refractivity contribution in [3.05, 3.63) is 27.8 Å². The molecule has 1 aliphatic heterocycles. The molecule has 1 aromatic carbocycles. The van der Waals surface area contributed by atoms with Crippen LogP contribution in [0.2, 0.25) is 0 Å². The lowest BCUT2D eigenvalue weighted by molar-refractivity contribution is -0.386. The van der Waals surface area contributed by atoms with Crippen LogP contribution in [0.15, 0.2) is 12.1 Å². The third-order valence-electron chi connectivity index (χ3n) is 2.51. The van der Waals surface area contributed by atoms with Crippen molar-refractivity contribution in [1.82, 2.24) is 5.32 Å². The van der Waals surface area contributed by atoms with Crippen LogP contribution >= 0.6 is 0 Å². The highest BCUT2D eigenvalue weighted by Crippen LogP contribution is 2.36. The summed E-state index contributed by atoms with van der Waals surface area (Å²) in [6, 6.07) is 3.08. The van der Waals surface area contributed by atoms with E-state index in [2.05, 4.69) is 10.6 Å². The molecule has 90 valence electrons. The number of anilines is 1.